The largest absolute Gasteiger partial charge is 0.456 e. The highest BCUT2D eigenvalue weighted by molar-refractivity contribution is 5.87. The normalized spacial score (nSPS) is 35.7. The van der Waals surface area contributed by atoms with E-state index in [9.17, 15) is 40.6 Å². The maximum atomic E-state index is 14.0. The van der Waals surface area contributed by atoms with Gasteiger partial charge in [0.25, 0.3) is 5.79 Å². The number of alkyl halides is 7. The van der Waals surface area contributed by atoms with E-state index in [1.165, 1.54) is 0 Å². The minimum Gasteiger partial charge on any atom is -0.456 e. The minimum atomic E-state index is -5.90. The van der Waals surface area contributed by atoms with Crippen molar-refractivity contribution in [2.45, 2.75) is 56.3 Å². The van der Waals surface area contributed by atoms with Gasteiger partial charge in [-0.1, -0.05) is 6.58 Å². The van der Waals surface area contributed by atoms with Crippen molar-refractivity contribution in [1.29, 1.82) is 0 Å². The Kier molecular flexibility index (Phi) is 4.56. The Labute approximate surface area is 125 Å². The van der Waals surface area contributed by atoms with Crippen molar-refractivity contribution in [3.8, 4) is 0 Å². The van der Waals surface area contributed by atoms with Gasteiger partial charge in [-0.3, -0.25) is 4.74 Å². The summed E-state index contributed by atoms with van der Waals surface area (Å²) in [6.45, 7) is 4.84. The first-order valence-corrected chi connectivity index (χ1v) is 6.08. The number of hydrogen-bond acceptors (Lipinski definition) is 4. The van der Waals surface area contributed by atoms with Crippen LogP contribution in [0.15, 0.2) is 12.2 Å². The second-order valence-electron chi connectivity index (χ2n) is 5.58. The van der Waals surface area contributed by atoms with Crippen LogP contribution in [-0.4, -0.2) is 40.7 Å². The summed E-state index contributed by atoms with van der Waals surface area (Å²) in [5.74, 6) is -10.7. The van der Waals surface area contributed by atoms with Gasteiger partial charge in [-0.25, -0.2) is 9.18 Å². The zero-order chi connectivity index (χ0) is 18.5. The van der Waals surface area contributed by atoms with Gasteiger partial charge in [-0.2, -0.15) is 26.3 Å². The summed E-state index contributed by atoms with van der Waals surface area (Å²) in [6.07, 6.45) is -15.1. The molecule has 0 aromatic carbocycles. The number of aliphatic hydroxyl groups is 1. The van der Waals surface area contributed by atoms with Crippen LogP contribution < -0.4 is 0 Å². The Morgan fingerprint density at radius 1 is 1.17 bits per heavy atom. The summed E-state index contributed by atoms with van der Waals surface area (Å²) in [7, 11) is 0. The number of ether oxygens (including phenoxy) is 2. The third-order valence-corrected chi connectivity index (χ3v) is 3.10. The van der Waals surface area contributed by atoms with E-state index in [1.54, 1.807) is 0 Å². The lowest BCUT2D eigenvalue weighted by Gasteiger charge is -2.48. The zero-order valence-corrected chi connectivity index (χ0v) is 11.9. The molecule has 1 fully saturated rings. The van der Waals surface area contributed by atoms with Crippen molar-refractivity contribution in [2.75, 3.05) is 0 Å². The maximum absolute atomic E-state index is 14.0. The van der Waals surface area contributed by atoms with Crippen LogP contribution in [0.2, 0.25) is 0 Å². The number of rotatable bonds is 2. The highest BCUT2D eigenvalue weighted by Crippen LogP contribution is 2.54. The molecule has 1 N–H and O–H groups in total. The van der Waals surface area contributed by atoms with Gasteiger partial charge >= 0.3 is 24.2 Å². The quantitative estimate of drug-likeness (QED) is 0.470. The molecular formula is C12H13F7O4. The molecule has 0 bridgehead atoms. The molecule has 0 saturated carbocycles. The van der Waals surface area contributed by atoms with Crippen LogP contribution in [0, 0.1) is 0 Å². The molecule has 3 atom stereocenters. The molecule has 1 aliphatic rings. The second kappa shape index (κ2) is 5.33. The molecule has 1 aliphatic heterocycles. The van der Waals surface area contributed by atoms with Crippen LogP contribution in [-0.2, 0) is 14.3 Å². The number of carbonyl (C=O) groups is 1. The standard InChI is InChI=1S/C12H13F7O4/c1-6(2)7(20)22-8(3)4-9(13,11(14,15)16)23-10(21,5-8)12(17,18)19/h21H,1,4-5H2,2-3H3. The Morgan fingerprint density at radius 3 is 2.00 bits per heavy atom. The first kappa shape index (κ1) is 19.7. The molecule has 1 saturated heterocycles. The van der Waals surface area contributed by atoms with E-state index in [0.717, 1.165) is 6.92 Å². The van der Waals surface area contributed by atoms with Gasteiger partial charge in [0.15, 0.2) is 0 Å². The molecule has 0 aliphatic carbocycles. The van der Waals surface area contributed by atoms with E-state index in [4.69, 9.17) is 0 Å². The fourth-order valence-electron chi connectivity index (χ4n) is 2.09. The molecule has 0 spiro atoms. The van der Waals surface area contributed by atoms with Crippen molar-refractivity contribution < 1.29 is 50.1 Å². The number of carbonyl (C=O) groups excluding carboxylic acids is 1. The Hall–Kier alpha value is -1.36. The fraction of sp³-hybridized carbons (Fsp3) is 0.750. The predicted molar refractivity (Wildman–Crippen MR) is 60.5 cm³/mol. The summed E-state index contributed by atoms with van der Waals surface area (Å²) in [4.78, 5) is 11.4. The van der Waals surface area contributed by atoms with Crippen LogP contribution in [0.3, 0.4) is 0 Å². The lowest BCUT2D eigenvalue weighted by Crippen LogP contribution is -2.66. The van der Waals surface area contributed by atoms with E-state index in [0.29, 0.717) is 6.92 Å². The monoisotopic (exact) mass is 354 g/mol. The van der Waals surface area contributed by atoms with E-state index in [1.807, 2.05) is 0 Å². The first-order chi connectivity index (χ1) is 9.95. The van der Waals surface area contributed by atoms with Gasteiger partial charge in [0.1, 0.15) is 5.60 Å². The van der Waals surface area contributed by atoms with Gasteiger partial charge in [0.05, 0.1) is 12.8 Å². The zero-order valence-electron chi connectivity index (χ0n) is 11.9. The lowest BCUT2D eigenvalue weighted by molar-refractivity contribution is -0.482. The van der Waals surface area contributed by atoms with Crippen LogP contribution >= 0.6 is 0 Å². The summed E-state index contributed by atoms with van der Waals surface area (Å²) in [5, 5.41) is 9.39. The molecule has 1 rings (SSSR count). The molecule has 4 nitrogen and oxygen atoms in total. The van der Waals surface area contributed by atoms with Crippen molar-refractivity contribution in [2.24, 2.45) is 0 Å². The molecule has 0 aromatic rings. The van der Waals surface area contributed by atoms with Crippen molar-refractivity contribution in [1.82, 2.24) is 0 Å². The SMILES string of the molecule is C=C(C)C(=O)OC1(C)CC(O)(C(F)(F)F)OC(F)(C(F)(F)F)C1. The summed E-state index contributed by atoms with van der Waals surface area (Å²) in [6, 6.07) is 0. The molecule has 23 heavy (non-hydrogen) atoms. The Balaban J connectivity index is 3.33. The second-order valence-corrected chi connectivity index (χ2v) is 5.58. The average Bonchev–Trinajstić information content (AvgIpc) is 2.22. The number of halogens is 7. The highest BCUT2D eigenvalue weighted by atomic mass is 19.4. The molecule has 0 radical (unpaired) electrons. The molecule has 3 unspecified atom stereocenters. The smallest absolute Gasteiger partial charge is 0.448 e. The van der Waals surface area contributed by atoms with Crippen LogP contribution in [0.25, 0.3) is 0 Å². The van der Waals surface area contributed by atoms with Crippen LogP contribution in [0.1, 0.15) is 26.7 Å². The number of hydrogen-bond donors (Lipinski definition) is 1. The Bertz CT molecular complexity index is 485. The first-order valence-electron chi connectivity index (χ1n) is 6.08. The Morgan fingerprint density at radius 2 is 1.65 bits per heavy atom. The number of esters is 1. The van der Waals surface area contributed by atoms with Crippen LogP contribution in [0.4, 0.5) is 30.7 Å². The molecule has 11 heteroatoms. The van der Waals surface area contributed by atoms with E-state index in [-0.39, 0.29) is 5.57 Å². The molecule has 0 amide bonds. The summed E-state index contributed by atoms with van der Waals surface area (Å²) >= 11 is 0. The molecule has 134 valence electrons. The van der Waals surface area contributed by atoms with Gasteiger partial charge in [-0.05, 0) is 13.8 Å². The van der Waals surface area contributed by atoms with Gasteiger partial charge in [-0.15, -0.1) is 0 Å². The van der Waals surface area contributed by atoms with Crippen LogP contribution in [0.5, 0.6) is 0 Å². The minimum absolute atomic E-state index is 0.329. The maximum Gasteiger partial charge on any atom is 0.448 e. The van der Waals surface area contributed by atoms with Gasteiger partial charge in [0.2, 0.25) is 0 Å². The summed E-state index contributed by atoms with van der Waals surface area (Å²) in [5.41, 5.74) is -2.97. The molecule has 1 heterocycles. The van der Waals surface area contributed by atoms with Crippen molar-refractivity contribution in [3.05, 3.63) is 12.2 Å². The topological polar surface area (TPSA) is 55.8 Å². The highest BCUT2D eigenvalue weighted by Gasteiger charge is 2.73. The molecular weight excluding hydrogens is 341 g/mol. The lowest BCUT2D eigenvalue weighted by atomic mass is 9.84. The van der Waals surface area contributed by atoms with Crippen molar-refractivity contribution >= 4 is 5.97 Å². The van der Waals surface area contributed by atoms with E-state index in [2.05, 4.69) is 16.1 Å². The average molecular weight is 354 g/mol. The third-order valence-electron chi connectivity index (χ3n) is 3.10. The van der Waals surface area contributed by atoms with Gasteiger partial charge in [0, 0.05) is 5.57 Å². The summed E-state index contributed by atoms with van der Waals surface area (Å²) < 4.78 is 98.7. The van der Waals surface area contributed by atoms with Gasteiger partial charge < -0.3 is 9.84 Å². The fourth-order valence-corrected chi connectivity index (χ4v) is 2.09. The van der Waals surface area contributed by atoms with E-state index < -0.39 is 48.4 Å². The third kappa shape index (κ3) is 3.77. The molecule has 0 aromatic heterocycles. The predicted octanol–water partition coefficient (Wildman–Crippen LogP) is 3.15. The van der Waals surface area contributed by atoms with E-state index >= 15 is 0 Å². The van der Waals surface area contributed by atoms with Crippen molar-refractivity contribution in [3.63, 3.8) is 0 Å².